The van der Waals surface area contributed by atoms with Crippen molar-refractivity contribution in [2.75, 3.05) is 0 Å². The van der Waals surface area contributed by atoms with E-state index in [9.17, 15) is 9.90 Å². The number of hydrogen-bond donors (Lipinski definition) is 1. The SMILES string of the molecule is C=CCCCCCCC#CCCCCCCCCCCC1C(=O)OC(C)C1O. The topological polar surface area (TPSA) is 46.5 Å². The maximum absolute atomic E-state index is 11.6. The van der Waals surface area contributed by atoms with E-state index in [4.69, 9.17) is 4.74 Å². The molecule has 0 aliphatic carbocycles. The minimum absolute atomic E-state index is 0.216. The van der Waals surface area contributed by atoms with Gasteiger partial charge in [0, 0.05) is 12.8 Å². The van der Waals surface area contributed by atoms with Crippen LogP contribution in [0.4, 0.5) is 0 Å². The highest BCUT2D eigenvalue weighted by molar-refractivity contribution is 5.75. The van der Waals surface area contributed by atoms with Gasteiger partial charge in [-0.15, -0.1) is 18.4 Å². The molecule has 3 atom stereocenters. The van der Waals surface area contributed by atoms with E-state index in [0.717, 1.165) is 38.5 Å². The summed E-state index contributed by atoms with van der Waals surface area (Å²) < 4.78 is 5.07. The molecule has 3 nitrogen and oxygen atoms in total. The van der Waals surface area contributed by atoms with Crippen molar-refractivity contribution >= 4 is 5.97 Å². The van der Waals surface area contributed by atoms with Gasteiger partial charge in [0.15, 0.2) is 0 Å². The first-order chi connectivity index (χ1) is 13.7. The number of aliphatic hydroxyl groups is 1. The highest BCUT2D eigenvalue weighted by Crippen LogP contribution is 2.26. The van der Waals surface area contributed by atoms with Crippen molar-refractivity contribution < 1.29 is 14.6 Å². The molecule has 1 aliphatic heterocycles. The van der Waals surface area contributed by atoms with Gasteiger partial charge in [0.2, 0.25) is 0 Å². The summed E-state index contributed by atoms with van der Waals surface area (Å²) in [5.41, 5.74) is 0. The van der Waals surface area contributed by atoms with Crippen molar-refractivity contribution in [3.05, 3.63) is 12.7 Å². The van der Waals surface area contributed by atoms with Crippen LogP contribution in [0.25, 0.3) is 0 Å². The molecule has 1 heterocycles. The van der Waals surface area contributed by atoms with E-state index in [2.05, 4.69) is 18.4 Å². The predicted molar refractivity (Wildman–Crippen MR) is 117 cm³/mol. The average Bonchev–Trinajstić information content (AvgIpc) is 2.92. The molecule has 1 N–H and O–H groups in total. The molecule has 0 aromatic heterocycles. The largest absolute Gasteiger partial charge is 0.460 e. The molecule has 0 bridgehead atoms. The fraction of sp³-hybridized carbons (Fsp3) is 0.800. The summed E-state index contributed by atoms with van der Waals surface area (Å²) in [6.07, 6.45) is 19.9. The maximum Gasteiger partial charge on any atom is 0.312 e. The minimum atomic E-state index is -0.613. The van der Waals surface area contributed by atoms with Crippen LogP contribution in [0, 0.1) is 17.8 Å². The zero-order valence-corrected chi connectivity index (χ0v) is 18.1. The molecular formula is C25H42O3. The Kier molecular flexibility index (Phi) is 14.7. The van der Waals surface area contributed by atoms with Crippen LogP contribution in [-0.4, -0.2) is 23.3 Å². The van der Waals surface area contributed by atoms with E-state index in [1.807, 2.05) is 6.08 Å². The average molecular weight is 391 g/mol. The van der Waals surface area contributed by atoms with Gasteiger partial charge >= 0.3 is 5.97 Å². The van der Waals surface area contributed by atoms with E-state index in [1.54, 1.807) is 6.92 Å². The van der Waals surface area contributed by atoms with Crippen LogP contribution in [0.15, 0.2) is 12.7 Å². The van der Waals surface area contributed by atoms with E-state index in [0.29, 0.717) is 0 Å². The number of carbonyl (C=O) groups is 1. The van der Waals surface area contributed by atoms with Crippen molar-refractivity contribution in [3.8, 4) is 11.8 Å². The molecule has 160 valence electrons. The lowest BCUT2D eigenvalue weighted by Gasteiger charge is -2.11. The van der Waals surface area contributed by atoms with Crippen molar-refractivity contribution in [2.24, 2.45) is 5.92 Å². The normalized spacial score (nSPS) is 21.2. The standard InChI is InChI=1S/C25H42O3/c1-3-4-5-6-7-8-9-10-11-12-13-14-15-16-17-18-19-20-21-23-24(26)22(2)28-25(23)27/h3,22-24,26H,1,4-9,12-21H2,2H3. The van der Waals surface area contributed by atoms with E-state index in [1.165, 1.54) is 64.2 Å². The first kappa shape index (κ1) is 24.8. The second-order valence-corrected chi connectivity index (χ2v) is 8.20. The summed E-state index contributed by atoms with van der Waals surface area (Å²) in [5, 5.41) is 9.91. The molecule has 0 amide bonds. The zero-order chi connectivity index (χ0) is 20.5. The van der Waals surface area contributed by atoms with E-state index >= 15 is 0 Å². The zero-order valence-electron chi connectivity index (χ0n) is 18.1. The lowest BCUT2D eigenvalue weighted by Crippen LogP contribution is -2.24. The molecule has 3 heteroatoms. The van der Waals surface area contributed by atoms with Crippen molar-refractivity contribution in [1.82, 2.24) is 0 Å². The molecule has 1 rings (SSSR count). The van der Waals surface area contributed by atoms with Crippen LogP contribution in [0.1, 0.15) is 110 Å². The predicted octanol–water partition coefficient (Wildman–Crippen LogP) is 6.34. The van der Waals surface area contributed by atoms with Gasteiger partial charge in [-0.1, -0.05) is 63.9 Å². The van der Waals surface area contributed by atoms with Crippen LogP contribution >= 0.6 is 0 Å². The van der Waals surface area contributed by atoms with Gasteiger partial charge in [0.25, 0.3) is 0 Å². The quantitative estimate of drug-likeness (QED) is 0.145. The summed E-state index contributed by atoms with van der Waals surface area (Å²) in [7, 11) is 0. The maximum atomic E-state index is 11.6. The lowest BCUT2D eigenvalue weighted by atomic mass is 9.95. The van der Waals surface area contributed by atoms with Crippen LogP contribution in [0.3, 0.4) is 0 Å². The Hall–Kier alpha value is -1.27. The first-order valence-electron chi connectivity index (χ1n) is 11.6. The Morgan fingerprint density at radius 1 is 0.893 bits per heavy atom. The third-order valence-electron chi connectivity index (χ3n) is 5.65. The minimum Gasteiger partial charge on any atom is -0.460 e. The number of esters is 1. The van der Waals surface area contributed by atoms with Gasteiger partial charge in [-0.25, -0.2) is 0 Å². The number of carbonyl (C=O) groups excluding carboxylic acids is 1. The van der Waals surface area contributed by atoms with Gasteiger partial charge in [0.1, 0.15) is 12.2 Å². The van der Waals surface area contributed by atoms with Crippen molar-refractivity contribution in [3.63, 3.8) is 0 Å². The molecule has 1 aliphatic rings. The number of hydrogen-bond acceptors (Lipinski definition) is 3. The molecule has 0 radical (unpaired) electrons. The molecule has 1 fully saturated rings. The van der Waals surface area contributed by atoms with Crippen molar-refractivity contribution in [1.29, 1.82) is 0 Å². The monoisotopic (exact) mass is 390 g/mol. The Morgan fingerprint density at radius 2 is 1.39 bits per heavy atom. The van der Waals surface area contributed by atoms with Crippen LogP contribution < -0.4 is 0 Å². The number of rotatable bonds is 16. The molecule has 1 saturated heterocycles. The summed E-state index contributed by atoms with van der Waals surface area (Å²) in [5.74, 6) is 6.12. The van der Waals surface area contributed by atoms with Gasteiger partial charge < -0.3 is 9.84 Å². The summed E-state index contributed by atoms with van der Waals surface area (Å²) in [6, 6.07) is 0. The molecular weight excluding hydrogens is 348 g/mol. The summed E-state index contributed by atoms with van der Waals surface area (Å²) >= 11 is 0. The number of unbranched alkanes of at least 4 members (excludes halogenated alkanes) is 13. The van der Waals surface area contributed by atoms with Gasteiger partial charge in [-0.05, 0) is 39.0 Å². The second-order valence-electron chi connectivity index (χ2n) is 8.20. The highest BCUT2D eigenvalue weighted by atomic mass is 16.6. The molecule has 3 unspecified atom stereocenters. The van der Waals surface area contributed by atoms with Crippen LogP contribution in [0.2, 0.25) is 0 Å². The number of aliphatic hydroxyl groups excluding tert-OH is 1. The highest BCUT2D eigenvalue weighted by Gasteiger charge is 2.40. The van der Waals surface area contributed by atoms with Crippen molar-refractivity contribution in [2.45, 2.75) is 122 Å². The third-order valence-corrected chi connectivity index (χ3v) is 5.65. The fourth-order valence-electron chi connectivity index (χ4n) is 3.77. The second kappa shape index (κ2) is 16.7. The molecule has 0 spiro atoms. The molecule has 28 heavy (non-hydrogen) atoms. The Labute approximate surface area is 173 Å². The smallest absolute Gasteiger partial charge is 0.312 e. The van der Waals surface area contributed by atoms with E-state index in [-0.39, 0.29) is 18.0 Å². The molecule has 0 aromatic carbocycles. The molecule has 0 saturated carbocycles. The Morgan fingerprint density at radius 3 is 1.89 bits per heavy atom. The third kappa shape index (κ3) is 11.5. The van der Waals surface area contributed by atoms with Gasteiger partial charge in [0.05, 0.1) is 5.92 Å². The van der Waals surface area contributed by atoms with Gasteiger partial charge in [-0.2, -0.15) is 0 Å². The molecule has 0 aromatic rings. The van der Waals surface area contributed by atoms with Crippen LogP contribution in [0.5, 0.6) is 0 Å². The number of ether oxygens (including phenoxy) is 1. The van der Waals surface area contributed by atoms with Gasteiger partial charge in [-0.3, -0.25) is 4.79 Å². The summed E-state index contributed by atoms with van der Waals surface area (Å²) in [6.45, 7) is 5.51. The first-order valence-corrected chi connectivity index (χ1v) is 11.6. The number of cyclic esters (lactones) is 1. The van der Waals surface area contributed by atoms with Crippen LogP contribution in [-0.2, 0) is 9.53 Å². The Balaban J connectivity index is 1.81. The fourth-order valence-corrected chi connectivity index (χ4v) is 3.77. The lowest BCUT2D eigenvalue weighted by molar-refractivity contribution is -0.143. The Bertz CT molecular complexity index is 474. The summed E-state index contributed by atoms with van der Waals surface area (Å²) in [4.78, 5) is 11.6. The van der Waals surface area contributed by atoms with E-state index < -0.39 is 6.10 Å². The number of allylic oxidation sites excluding steroid dienone is 1.